The zero-order valence-electron chi connectivity index (χ0n) is 20.5. The molecule has 10 nitrogen and oxygen atoms in total. The standard InChI is InChI=1S/C25H30ClFN6O4/c1-3-21(34)30-18-11-15(5-6-19(18)33-9-7-32(4-2)8-10-33)29-25-28-12-16(26)24(31-25)37-20-14-36-22-17(27)13-35-23(20)22/h3,5-6,11-12,17,20,22-23H,1,4,7-10,13-14H2,2H3,(H,30,34)(H,28,29,31)/t17-,20+,22+,23+/m0/s1. The van der Waals surface area contributed by atoms with Crippen molar-refractivity contribution >= 4 is 40.5 Å². The van der Waals surface area contributed by atoms with E-state index in [0.29, 0.717) is 11.4 Å². The number of ether oxygens (including phenoxy) is 3. The number of carbonyl (C=O) groups excluding carboxylic acids is 1. The van der Waals surface area contributed by atoms with Crippen molar-refractivity contribution in [2.24, 2.45) is 0 Å². The first kappa shape index (κ1) is 25.7. The summed E-state index contributed by atoms with van der Waals surface area (Å²) >= 11 is 6.28. The van der Waals surface area contributed by atoms with E-state index in [0.717, 1.165) is 38.4 Å². The number of alkyl halides is 1. The number of carbonyl (C=O) groups is 1. The highest BCUT2D eigenvalue weighted by Crippen LogP contribution is 2.34. The third-order valence-electron chi connectivity index (χ3n) is 6.78. The molecule has 5 rings (SSSR count). The minimum Gasteiger partial charge on any atom is -0.468 e. The van der Waals surface area contributed by atoms with Crippen molar-refractivity contribution in [2.45, 2.75) is 31.4 Å². The Hall–Kier alpha value is -2.99. The Balaban J connectivity index is 1.33. The van der Waals surface area contributed by atoms with Crippen LogP contribution in [0.15, 0.2) is 37.1 Å². The van der Waals surface area contributed by atoms with E-state index in [-0.39, 0.29) is 36.0 Å². The number of nitrogens with one attached hydrogen (secondary N) is 2. The number of likely N-dealkylation sites (N-methyl/N-ethyl adjacent to an activating group) is 1. The highest BCUT2D eigenvalue weighted by molar-refractivity contribution is 6.31. The number of benzene rings is 1. The number of halogens is 2. The summed E-state index contributed by atoms with van der Waals surface area (Å²) in [4.78, 5) is 25.4. The number of rotatable bonds is 8. The molecule has 0 spiro atoms. The van der Waals surface area contributed by atoms with Gasteiger partial charge in [-0.15, -0.1) is 0 Å². The van der Waals surface area contributed by atoms with Gasteiger partial charge >= 0.3 is 0 Å². The normalized spacial score (nSPS) is 25.5. The Kier molecular flexibility index (Phi) is 7.75. The number of aromatic nitrogens is 2. The molecule has 0 aliphatic carbocycles. The molecule has 1 amide bonds. The first-order valence-electron chi connectivity index (χ1n) is 12.3. The van der Waals surface area contributed by atoms with Crippen LogP contribution in [0.4, 0.5) is 27.4 Å². The van der Waals surface area contributed by atoms with Crippen LogP contribution in [0.5, 0.6) is 5.88 Å². The second kappa shape index (κ2) is 11.2. The monoisotopic (exact) mass is 532 g/mol. The Morgan fingerprint density at radius 1 is 1.27 bits per heavy atom. The minimum atomic E-state index is -1.18. The summed E-state index contributed by atoms with van der Waals surface area (Å²) in [6, 6.07) is 5.67. The highest BCUT2D eigenvalue weighted by Gasteiger charge is 2.49. The van der Waals surface area contributed by atoms with Crippen molar-refractivity contribution in [3.05, 3.63) is 42.1 Å². The van der Waals surface area contributed by atoms with Crippen LogP contribution in [0.1, 0.15) is 6.92 Å². The van der Waals surface area contributed by atoms with E-state index < -0.39 is 24.5 Å². The molecule has 0 saturated carbocycles. The van der Waals surface area contributed by atoms with Gasteiger partial charge in [0.05, 0.1) is 30.8 Å². The van der Waals surface area contributed by atoms with Crippen LogP contribution in [0.25, 0.3) is 0 Å². The van der Waals surface area contributed by atoms with Gasteiger partial charge in [-0.2, -0.15) is 4.98 Å². The smallest absolute Gasteiger partial charge is 0.247 e. The molecule has 3 aliphatic rings. The summed E-state index contributed by atoms with van der Waals surface area (Å²) in [5.74, 6) is 0.0894. The predicted octanol–water partition coefficient (Wildman–Crippen LogP) is 3.02. The number of nitrogens with zero attached hydrogens (tertiary/aromatic N) is 4. The average Bonchev–Trinajstić information content (AvgIpc) is 3.49. The molecular weight excluding hydrogens is 503 g/mol. The molecule has 2 aromatic rings. The first-order valence-corrected chi connectivity index (χ1v) is 12.7. The number of anilines is 4. The summed E-state index contributed by atoms with van der Waals surface area (Å²) in [6.45, 7) is 10.5. The average molecular weight is 533 g/mol. The number of piperazine rings is 1. The molecule has 0 bridgehead atoms. The summed E-state index contributed by atoms with van der Waals surface area (Å²) < 4.78 is 30.8. The van der Waals surface area contributed by atoms with Gasteiger partial charge in [0, 0.05) is 31.9 Å². The highest BCUT2D eigenvalue weighted by atomic mass is 35.5. The van der Waals surface area contributed by atoms with Gasteiger partial charge in [0.2, 0.25) is 17.7 Å². The van der Waals surface area contributed by atoms with Crippen molar-refractivity contribution < 1.29 is 23.4 Å². The van der Waals surface area contributed by atoms with Crippen molar-refractivity contribution in [1.82, 2.24) is 14.9 Å². The molecule has 12 heteroatoms. The van der Waals surface area contributed by atoms with Gasteiger partial charge in [0.25, 0.3) is 0 Å². The molecule has 1 aromatic heterocycles. The Morgan fingerprint density at radius 3 is 2.81 bits per heavy atom. The number of amides is 1. The fraction of sp³-hybridized carbons (Fsp3) is 0.480. The molecule has 4 atom stereocenters. The van der Waals surface area contributed by atoms with Crippen molar-refractivity contribution in [2.75, 3.05) is 61.5 Å². The Bertz CT molecular complexity index is 1150. The molecule has 0 unspecified atom stereocenters. The molecule has 1 aromatic carbocycles. The van der Waals surface area contributed by atoms with Crippen LogP contribution in [-0.2, 0) is 14.3 Å². The molecule has 2 N–H and O–H groups in total. The summed E-state index contributed by atoms with van der Waals surface area (Å²) in [6.07, 6.45) is -0.197. The predicted molar refractivity (Wildman–Crippen MR) is 139 cm³/mol. The van der Waals surface area contributed by atoms with Gasteiger partial charge in [0.1, 0.15) is 17.2 Å². The molecule has 3 saturated heterocycles. The van der Waals surface area contributed by atoms with E-state index in [1.165, 1.54) is 12.3 Å². The first-order chi connectivity index (χ1) is 17.9. The van der Waals surface area contributed by atoms with Gasteiger partial charge in [-0.1, -0.05) is 25.1 Å². The molecule has 3 fully saturated rings. The summed E-state index contributed by atoms with van der Waals surface area (Å²) in [5, 5.41) is 6.26. The molecular formula is C25H30ClFN6O4. The largest absolute Gasteiger partial charge is 0.468 e. The van der Waals surface area contributed by atoms with Crippen molar-refractivity contribution in [3.63, 3.8) is 0 Å². The van der Waals surface area contributed by atoms with E-state index in [2.05, 4.69) is 43.9 Å². The van der Waals surface area contributed by atoms with E-state index in [4.69, 9.17) is 25.8 Å². The maximum atomic E-state index is 13.9. The number of fused-ring (bicyclic) bond motifs is 1. The van der Waals surface area contributed by atoms with Crippen LogP contribution < -0.4 is 20.3 Å². The lowest BCUT2D eigenvalue weighted by atomic mass is 10.1. The Labute approximate surface area is 219 Å². The van der Waals surface area contributed by atoms with E-state index in [1.54, 1.807) is 0 Å². The van der Waals surface area contributed by atoms with Crippen LogP contribution >= 0.6 is 11.6 Å². The maximum Gasteiger partial charge on any atom is 0.247 e. The third-order valence-corrected chi connectivity index (χ3v) is 7.04. The lowest BCUT2D eigenvalue weighted by Gasteiger charge is -2.36. The molecule has 0 radical (unpaired) electrons. The second-order valence-electron chi connectivity index (χ2n) is 9.09. The van der Waals surface area contributed by atoms with Crippen LogP contribution in [0.2, 0.25) is 5.02 Å². The van der Waals surface area contributed by atoms with Crippen LogP contribution in [0, 0.1) is 0 Å². The van der Waals surface area contributed by atoms with Gasteiger partial charge in [-0.05, 0) is 30.8 Å². The zero-order chi connectivity index (χ0) is 25.9. The molecule has 37 heavy (non-hydrogen) atoms. The van der Waals surface area contributed by atoms with E-state index in [1.807, 2.05) is 18.2 Å². The van der Waals surface area contributed by atoms with Gasteiger partial charge in [-0.3, -0.25) is 4.79 Å². The maximum absolute atomic E-state index is 13.9. The number of hydrogen-bond acceptors (Lipinski definition) is 9. The second-order valence-corrected chi connectivity index (χ2v) is 9.49. The van der Waals surface area contributed by atoms with E-state index in [9.17, 15) is 9.18 Å². The fourth-order valence-corrected chi connectivity index (χ4v) is 4.90. The Morgan fingerprint density at radius 2 is 2.05 bits per heavy atom. The molecule has 198 valence electrons. The van der Waals surface area contributed by atoms with Gasteiger partial charge in [-0.25, -0.2) is 9.37 Å². The quantitative estimate of drug-likeness (QED) is 0.497. The van der Waals surface area contributed by atoms with Crippen LogP contribution in [0.3, 0.4) is 0 Å². The molecule has 4 heterocycles. The third kappa shape index (κ3) is 5.64. The fourth-order valence-electron chi connectivity index (χ4n) is 4.76. The summed E-state index contributed by atoms with van der Waals surface area (Å²) in [7, 11) is 0. The molecule has 3 aliphatic heterocycles. The minimum absolute atomic E-state index is 0.0193. The lowest BCUT2D eigenvalue weighted by Crippen LogP contribution is -2.46. The SMILES string of the molecule is C=CC(=O)Nc1cc(Nc2ncc(Cl)c(O[C@@H]3CO[C@H]4[C@@H]3OC[C@@H]4F)n2)ccc1N1CCN(CC)CC1. The number of hydrogen-bond donors (Lipinski definition) is 2. The topological polar surface area (TPSA) is 101 Å². The van der Waals surface area contributed by atoms with Gasteiger partial charge in [0.15, 0.2) is 12.3 Å². The van der Waals surface area contributed by atoms with E-state index >= 15 is 0 Å². The lowest BCUT2D eigenvalue weighted by molar-refractivity contribution is -0.111. The van der Waals surface area contributed by atoms with Crippen molar-refractivity contribution in [3.8, 4) is 5.88 Å². The zero-order valence-corrected chi connectivity index (χ0v) is 21.3. The summed E-state index contributed by atoms with van der Waals surface area (Å²) in [5.41, 5.74) is 2.24. The van der Waals surface area contributed by atoms with Gasteiger partial charge < -0.3 is 34.6 Å². The van der Waals surface area contributed by atoms with Crippen molar-refractivity contribution in [1.29, 1.82) is 0 Å². The van der Waals surface area contributed by atoms with Crippen LogP contribution in [-0.4, -0.2) is 91.2 Å².